The van der Waals surface area contributed by atoms with Gasteiger partial charge in [0.25, 0.3) is 0 Å². The fourth-order valence-electron chi connectivity index (χ4n) is 1.65. The maximum atomic E-state index is 11.6. The Bertz CT molecular complexity index is 710. The Morgan fingerprint density at radius 3 is 1.25 bits per heavy atom. The van der Waals surface area contributed by atoms with Crippen molar-refractivity contribution in [3.05, 3.63) is 83.9 Å². The standard InChI is InChI=1S/C18H12O6/c19-15(23-17(21)13-7-3-1-4-8-13)11-12-16(20)24-18(22)14-9-5-2-6-10-14/h1-12H. The third-order valence-electron chi connectivity index (χ3n) is 2.76. The van der Waals surface area contributed by atoms with E-state index >= 15 is 0 Å². The lowest BCUT2D eigenvalue weighted by atomic mass is 10.2. The molecule has 0 fully saturated rings. The summed E-state index contributed by atoms with van der Waals surface area (Å²) in [4.78, 5) is 46.2. The van der Waals surface area contributed by atoms with E-state index in [9.17, 15) is 19.2 Å². The second-order valence-electron chi connectivity index (χ2n) is 4.48. The molecule has 120 valence electrons. The molecule has 0 unspecified atom stereocenters. The van der Waals surface area contributed by atoms with E-state index in [1.54, 1.807) is 36.4 Å². The molecule has 2 aromatic rings. The molecule has 2 rings (SSSR count). The van der Waals surface area contributed by atoms with Gasteiger partial charge in [0.2, 0.25) is 0 Å². The normalized spacial score (nSPS) is 10.2. The number of ether oxygens (including phenoxy) is 2. The summed E-state index contributed by atoms with van der Waals surface area (Å²) in [5.74, 6) is -3.79. The first kappa shape index (κ1) is 16.8. The van der Waals surface area contributed by atoms with Gasteiger partial charge in [0, 0.05) is 12.2 Å². The first-order valence-electron chi connectivity index (χ1n) is 6.87. The van der Waals surface area contributed by atoms with Crippen molar-refractivity contribution in [1.29, 1.82) is 0 Å². The minimum atomic E-state index is -1.05. The smallest absolute Gasteiger partial charge is 0.346 e. The van der Waals surface area contributed by atoms with Crippen LogP contribution in [0.3, 0.4) is 0 Å². The molecule has 0 saturated carbocycles. The summed E-state index contributed by atoms with van der Waals surface area (Å²) in [6, 6.07) is 15.8. The minimum Gasteiger partial charge on any atom is -0.386 e. The van der Waals surface area contributed by atoms with E-state index in [1.165, 1.54) is 24.3 Å². The van der Waals surface area contributed by atoms with Crippen LogP contribution in [0.25, 0.3) is 0 Å². The number of carbonyl (C=O) groups is 4. The van der Waals surface area contributed by atoms with Crippen LogP contribution in [0.2, 0.25) is 0 Å². The second-order valence-corrected chi connectivity index (χ2v) is 4.48. The van der Waals surface area contributed by atoms with Gasteiger partial charge in [-0.2, -0.15) is 0 Å². The zero-order valence-corrected chi connectivity index (χ0v) is 12.4. The molecule has 0 bridgehead atoms. The van der Waals surface area contributed by atoms with Gasteiger partial charge in [-0.3, -0.25) is 0 Å². The van der Waals surface area contributed by atoms with E-state index in [1.807, 2.05) is 0 Å². The van der Waals surface area contributed by atoms with Crippen molar-refractivity contribution in [3.63, 3.8) is 0 Å². The zero-order chi connectivity index (χ0) is 17.4. The monoisotopic (exact) mass is 324 g/mol. The van der Waals surface area contributed by atoms with Gasteiger partial charge in [-0.25, -0.2) is 19.2 Å². The van der Waals surface area contributed by atoms with Crippen LogP contribution in [-0.2, 0) is 19.1 Å². The van der Waals surface area contributed by atoms with Gasteiger partial charge in [-0.15, -0.1) is 0 Å². The lowest BCUT2D eigenvalue weighted by Crippen LogP contribution is -2.13. The highest BCUT2D eigenvalue weighted by Gasteiger charge is 2.13. The van der Waals surface area contributed by atoms with Crippen molar-refractivity contribution in [2.24, 2.45) is 0 Å². The predicted molar refractivity (Wildman–Crippen MR) is 82.9 cm³/mol. The predicted octanol–water partition coefficient (Wildman–Crippen LogP) is 2.31. The lowest BCUT2D eigenvalue weighted by Gasteiger charge is -2.00. The maximum Gasteiger partial charge on any atom is 0.346 e. The highest BCUT2D eigenvalue weighted by atomic mass is 16.6. The van der Waals surface area contributed by atoms with Crippen LogP contribution in [0.15, 0.2) is 72.8 Å². The first-order valence-corrected chi connectivity index (χ1v) is 6.87. The summed E-state index contributed by atoms with van der Waals surface area (Å²) in [6.07, 6.45) is 1.42. The molecule has 0 aliphatic carbocycles. The van der Waals surface area contributed by atoms with Crippen LogP contribution in [0.1, 0.15) is 20.7 Å². The molecule has 0 aromatic heterocycles. The number of esters is 4. The summed E-state index contributed by atoms with van der Waals surface area (Å²) >= 11 is 0. The molecule has 0 atom stereocenters. The van der Waals surface area contributed by atoms with Crippen LogP contribution in [0, 0.1) is 0 Å². The fraction of sp³-hybridized carbons (Fsp3) is 0. The summed E-state index contributed by atoms with van der Waals surface area (Å²) in [5.41, 5.74) is 0.391. The third-order valence-corrected chi connectivity index (χ3v) is 2.76. The number of rotatable bonds is 4. The Labute approximate surface area is 137 Å². The van der Waals surface area contributed by atoms with Crippen molar-refractivity contribution < 1.29 is 28.7 Å². The van der Waals surface area contributed by atoms with Crippen LogP contribution in [0.4, 0.5) is 0 Å². The number of benzene rings is 2. The van der Waals surface area contributed by atoms with Crippen molar-refractivity contribution in [2.45, 2.75) is 0 Å². The minimum absolute atomic E-state index is 0.195. The lowest BCUT2D eigenvalue weighted by molar-refractivity contribution is -0.135. The highest BCUT2D eigenvalue weighted by Crippen LogP contribution is 2.03. The fourth-order valence-corrected chi connectivity index (χ4v) is 1.65. The number of hydrogen-bond donors (Lipinski definition) is 0. The van der Waals surface area contributed by atoms with Crippen molar-refractivity contribution in [1.82, 2.24) is 0 Å². The summed E-state index contributed by atoms with van der Waals surface area (Å²) in [5, 5.41) is 0. The Hall–Kier alpha value is -3.54. The van der Waals surface area contributed by atoms with Crippen molar-refractivity contribution in [3.8, 4) is 0 Å². The SMILES string of the molecule is O=C(C=CC(=O)OC(=O)c1ccccc1)OC(=O)c1ccccc1. The van der Waals surface area contributed by atoms with Crippen molar-refractivity contribution >= 4 is 23.9 Å². The Morgan fingerprint density at radius 2 is 0.917 bits per heavy atom. The first-order chi connectivity index (χ1) is 11.6. The van der Waals surface area contributed by atoms with E-state index < -0.39 is 23.9 Å². The van der Waals surface area contributed by atoms with Gasteiger partial charge in [-0.1, -0.05) is 36.4 Å². The maximum absolute atomic E-state index is 11.6. The zero-order valence-electron chi connectivity index (χ0n) is 12.4. The van der Waals surface area contributed by atoms with Crippen LogP contribution in [-0.4, -0.2) is 23.9 Å². The van der Waals surface area contributed by atoms with E-state index in [0.29, 0.717) is 12.2 Å². The van der Waals surface area contributed by atoms with Crippen LogP contribution < -0.4 is 0 Å². The molecule has 6 heteroatoms. The van der Waals surface area contributed by atoms with Crippen molar-refractivity contribution in [2.75, 3.05) is 0 Å². The van der Waals surface area contributed by atoms with Gasteiger partial charge in [0.05, 0.1) is 11.1 Å². The Kier molecular flexibility index (Phi) is 5.74. The van der Waals surface area contributed by atoms with Crippen LogP contribution in [0.5, 0.6) is 0 Å². The van der Waals surface area contributed by atoms with Gasteiger partial charge >= 0.3 is 23.9 Å². The van der Waals surface area contributed by atoms with Gasteiger partial charge in [-0.05, 0) is 24.3 Å². The molecule has 6 nitrogen and oxygen atoms in total. The van der Waals surface area contributed by atoms with Crippen LogP contribution >= 0.6 is 0 Å². The topological polar surface area (TPSA) is 86.7 Å². The summed E-state index contributed by atoms with van der Waals surface area (Å²) < 4.78 is 9.04. The molecule has 0 N–H and O–H groups in total. The number of hydrogen-bond acceptors (Lipinski definition) is 6. The molecule has 2 aromatic carbocycles. The summed E-state index contributed by atoms with van der Waals surface area (Å²) in [6.45, 7) is 0. The van der Waals surface area contributed by atoms with E-state index in [4.69, 9.17) is 0 Å². The molecule has 0 aliphatic heterocycles. The number of carbonyl (C=O) groups excluding carboxylic acids is 4. The highest BCUT2D eigenvalue weighted by molar-refractivity contribution is 6.04. The average Bonchev–Trinajstić information content (AvgIpc) is 2.61. The molecular formula is C18H12O6. The van der Waals surface area contributed by atoms with E-state index in [2.05, 4.69) is 9.47 Å². The molecule has 0 saturated heterocycles. The Morgan fingerprint density at radius 1 is 0.583 bits per heavy atom. The quantitative estimate of drug-likeness (QED) is 0.487. The molecule has 24 heavy (non-hydrogen) atoms. The average molecular weight is 324 g/mol. The molecular weight excluding hydrogens is 312 g/mol. The molecule has 0 radical (unpaired) electrons. The van der Waals surface area contributed by atoms with Gasteiger partial charge in [0.15, 0.2) is 0 Å². The van der Waals surface area contributed by atoms with E-state index in [-0.39, 0.29) is 11.1 Å². The van der Waals surface area contributed by atoms with Gasteiger partial charge < -0.3 is 9.47 Å². The summed E-state index contributed by atoms with van der Waals surface area (Å²) in [7, 11) is 0. The molecule has 0 amide bonds. The molecule has 0 aliphatic rings. The second kappa shape index (κ2) is 8.19. The van der Waals surface area contributed by atoms with E-state index in [0.717, 1.165) is 0 Å². The third kappa shape index (κ3) is 5.03. The molecule has 0 heterocycles. The molecule has 0 spiro atoms. The van der Waals surface area contributed by atoms with Gasteiger partial charge in [0.1, 0.15) is 0 Å². The Balaban J connectivity index is 1.86. The largest absolute Gasteiger partial charge is 0.386 e.